The zero-order valence-electron chi connectivity index (χ0n) is 11.8. The second kappa shape index (κ2) is 5.74. The maximum atomic E-state index is 12.5. The van der Waals surface area contributed by atoms with Crippen LogP contribution in [0, 0.1) is 11.3 Å². The number of hydrogen-bond acceptors (Lipinski definition) is 4. The minimum Gasteiger partial charge on any atom is -0.508 e. The van der Waals surface area contributed by atoms with E-state index < -0.39 is 0 Å². The molecule has 1 aromatic carbocycles. The molecule has 2 fully saturated rings. The number of amides is 1. The Balaban J connectivity index is 1.67. The molecule has 0 aliphatic carbocycles. The molecule has 0 spiro atoms. The highest BCUT2D eigenvalue weighted by Crippen LogP contribution is 2.29. The Kier molecular flexibility index (Phi) is 3.80. The van der Waals surface area contributed by atoms with Gasteiger partial charge in [-0.3, -0.25) is 4.79 Å². The van der Waals surface area contributed by atoms with E-state index >= 15 is 0 Å². The second-order valence-corrected chi connectivity index (χ2v) is 5.81. The molecule has 110 valence electrons. The van der Waals surface area contributed by atoms with Crippen molar-refractivity contribution in [3.05, 3.63) is 29.8 Å². The Morgan fingerprint density at radius 1 is 1.48 bits per heavy atom. The van der Waals surface area contributed by atoms with Gasteiger partial charge in [0.1, 0.15) is 11.8 Å². The van der Waals surface area contributed by atoms with E-state index in [0.29, 0.717) is 6.54 Å². The van der Waals surface area contributed by atoms with Crippen LogP contribution in [0.4, 0.5) is 0 Å². The van der Waals surface area contributed by atoms with E-state index in [0.717, 1.165) is 31.4 Å². The molecule has 0 bridgehead atoms. The summed E-state index contributed by atoms with van der Waals surface area (Å²) < 4.78 is 0. The van der Waals surface area contributed by atoms with Crippen LogP contribution in [0.1, 0.15) is 30.7 Å². The first-order chi connectivity index (χ1) is 10.2. The van der Waals surface area contributed by atoms with Gasteiger partial charge < -0.3 is 15.3 Å². The number of likely N-dealkylation sites (tertiary alicyclic amines) is 1. The maximum absolute atomic E-state index is 12.5. The molecule has 2 aliphatic rings. The van der Waals surface area contributed by atoms with Gasteiger partial charge in [0, 0.05) is 13.1 Å². The minimum absolute atomic E-state index is 0.0432. The average molecular weight is 285 g/mol. The molecule has 2 N–H and O–H groups in total. The van der Waals surface area contributed by atoms with E-state index in [9.17, 15) is 9.90 Å². The smallest absolute Gasteiger partial charge is 0.240 e. The Bertz CT molecular complexity index is 581. The Morgan fingerprint density at radius 3 is 3.10 bits per heavy atom. The molecule has 2 aliphatic heterocycles. The third-order valence-electron chi connectivity index (χ3n) is 4.46. The number of nitrogens with one attached hydrogen (secondary N) is 1. The number of nitriles is 1. The summed E-state index contributed by atoms with van der Waals surface area (Å²) in [5.41, 5.74) is 1.05. The summed E-state index contributed by atoms with van der Waals surface area (Å²) in [6, 6.07) is 8.94. The van der Waals surface area contributed by atoms with Crippen LogP contribution in [0.3, 0.4) is 0 Å². The highest BCUT2D eigenvalue weighted by Gasteiger charge is 2.37. The summed E-state index contributed by atoms with van der Waals surface area (Å²) in [6.07, 6.45) is 2.41. The molecule has 21 heavy (non-hydrogen) atoms. The van der Waals surface area contributed by atoms with E-state index in [4.69, 9.17) is 5.26 Å². The lowest BCUT2D eigenvalue weighted by Gasteiger charge is -2.23. The van der Waals surface area contributed by atoms with Crippen LogP contribution in [0.2, 0.25) is 0 Å². The highest BCUT2D eigenvalue weighted by atomic mass is 16.3. The van der Waals surface area contributed by atoms with E-state index in [1.165, 1.54) is 0 Å². The summed E-state index contributed by atoms with van der Waals surface area (Å²) in [6.45, 7) is 1.41. The number of benzene rings is 1. The summed E-state index contributed by atoms with van der Waals surface area (Å²) >= 11 is 0. The molecule has 1 aromatic rings. The molecule has 3 atom stereocenters. The van der Waals surface area contributed by atoms with Crippen molar-refractivity contribution in [3.63, 3.8) is 0 Å². The fourth-order valence-electron chi connectivity index (χ4n) is 3.32. The van der Waals surface area contributed by atoms with Crippen molar-refractivity contribution in [2.75, 3.05) is 13.1 Å². The van der Waals surface area contributed by atoms with Crippen LogP contribution in [0.25, 0.3) is 0 Å². The van der Waals surface area contributed by atoms with Gasteiger partial charge in [-0.05, 0) is 42.9 Å². The molecule has 0 saturated carbocycles. The fraction of sp³-hybridized carbons (Fsp3) is 0.500. The fourth-order valence-corrected chi connectivity index (χ4v) is 3.32. The molecule has 1 amide bonds. The number of rotatable bonds is 2. The highest BCUT2D eigenvalue weighted by molar-refractivity contribution is 5.83. The standard InChI is InChI=1S/C16H19N3O2/c17-9-13-4-2-6-19(13)16(21)15-8-12(10-18-15)11-3-1-5-14(20)7-11/h1,3,5,7,12-13,15,18,20H,2,4,6,8,10H2/t12-,13-,15-/m0/s1. The number of phenolic OH excluding ortho intramolecular Hbond substituents is 1. The number of carbonyl (C=O) groups is 1. The second-order valence-electron chi connectivity index (χ2n) is 5.81. The zero-order valence-corrected chi connectivity index (χ0v) is 11.8. The van der Waals surface area contributed by atoms with E-state index in [1.54, 1.807) is 17.0 Å². The molecule has 0 radical (unpaired) electrons. The average Bonchev–Trinajstić information content (AvgIpc) is 3.15. The normalized spacial score (nSPS) is 28.5. The predicted octanol–water partition coefficient (Wildman–Crippen LogP) is 1.35. The van der Waals surface area contributed by atoms with Gasteiger partial charge in [-0.15, -0.1) is 0 Å². The van der Waals surface area contributed by atoms with Gasteiger partial charge >= 0.3 is 0 Å². The lowest BCUT2D eigenvalue weighted by Crippen LogP contribution is -2.45. The lowest BCUT2D eigenvalue weighted by atomic mass is 9.95. The summed E-state index contributed by atoms with van der Waals surface area (Å²) in [5, 5.41) is 21.9. The largest absolute Gasteiger partial charge is 0.508 e. The van der Waals surface area contributed by atoms with Crippen LogP contribution in [0.15, 0.2) is 24.3 Å². The van der Waals surface area contributed by atoms with Crippen molar-refractivity contribution in [2.45, 2.75) is 37.3 Å². The van der Waals surface area contributed by atoms with Gasteiger partial charge in [0.25, 0.3) is 0 Å². The zero-order chi connectivity index (χ0) is 14.8. The predicted molar refractivity (Wildman–Crippen MR) is 77.6 cm³/mol. The van der Waals surface area contributed by atoms with Crippen molar-refractivity contribution >= 4 is 5.91 Å². The molecular weight excluding hydrogens is 266 g/mol. The Morgan fingerprint density at radius 2 is 2.33 bits per heavy atom. The van der Waals surface area contributed by atoms with Crippen molar-refractivity contribution < 1.29 is 9.90 Å². The van der Waals surface area contributed by atoms with Crippen LogP contribution < -0.4 is 5.32 Å². The van der Waals surface area contributed by atoms with Gasteiger partial charge in [0.15, 0.2) is 0 Å². The van der Waals surface area contributed by atoms with Crippen LogP contribution >= 0.6 is 0 Å². The summed E-state index contributed by atoms with van der Waals surface area (Å²) in [4.78, 5) is 14.2. The molecule has 0 unspecified atom stereocenters. The summed E-state index contributed by atoms with van der Waals surface area (Å²) in [5.74, 6) is 0.530. The van der Waals surface area contributed by atoms with Gasteiger partial charge in [-0.1, -0.05) is 12.1 Å². The first-order valence-electron chi connectivity index (χ1n) is 7.41. The molecule has 2 saturated heterocycles. The molecular formula is C16H19N3O2. The number of nitrogens with zero attached hydrogens (tertiary/aromatic N) is 2. The van der Waals surface area contributed by atoms with Gasteiger partial charge in [0.05, 0.1) is 12.1 Å². The minimum atomic E-state index is -0.265. The quantitative estimate of drug-likeness (QED) is 0.860. The number of carbonyl (C=O) groups excluding carboxylic acids is 1. The molecule has 2 heterocycles. The van der Waals surface area contributed by atoms with Gasteiger partial charge in [-0.2, -0.15) is 5.26 Å². The SMILES string of the molecule is N#C[C@@H]1CCCN1C(=O)[C@@H]1C[C@H](c2cccc(O)c2)CN1. The van der Waals surface area contributed by atoms with Crippen molar-refractivity contribution in [1.82, 2.24) is 10.2 Å². The number of aromatic hydroxyl groups is 1. The molecule has 5 nitrogen and oxygen atoms in total. The van der Waals surface area contributed by atoms with Crippen molar-refractivity contribution in [1.29, 1.82) is 5.26 Å². The van der Waals surface area contributed by atoms with E-state index in [2.05, 4.69) is 11.4 Å². The maximum Gasteiger partial charge on any atom is 0.240 e. The number of phenols is 1. The lowest BCUT2D eigenvalue weighted by molar-refractivity contribution is -0.133. The Hall–Kier alpha value is -2.06. The first kappa shape index (κ1) is 13.9. The third-order valence-corrected chi connectivity index (χ3v) is 4.46. The van der Waals surface area contributed by atoms with Crippen LogP contribution in [-0.2, 0) is 4.79 Å². The van der Waals surface area contributed by atoms with E-state index in [1.807, 2.05) is 12.1 Å². The van der Waals surface area contributed by atoms with E-state index in [-0.39, 0.29) is 29.7 Å². The van der Waals surface area contributed by atoms with Crippen molar-refractivity contribution in [2.24, 2.45) is 0 Å². The first-order valence-corrected chi connectivity index (χ1v) is 7.41. The third kappa shape index (κ3) is 2.72. The summed E-state index contributed by atoms with van der Waals surface area (Å²) in [7, 11) is 0. The molecule has 3 rings (SSSR count). The van der Waals surface area contributed by atoms with Crippen molar-refractivity contribution in [3.8, 4) is 11.8 Å². The van der Waals surface area contributed by atoms with Gasteiger partial charge in [0.2, 0.25) is 5.91 Å². The molecule has 5 heteroatoms. The monoisotopic (exact) mass is 285 g/mol. The topological polar surface area (TPSA) is 76.4 Å². The molecule has 0 aromatic heterocycles. The van der Waals surface area contributed by atoms with Crippen LogP contribution in [0.5, 0.6) is 5.75 Å². The van der Waals surface area contributed by atoms with Gasteiger partial charge in [-0.25, -0.2) is 0 Å². The van der Waals surface area contributed by atoms with Crippen LogP contribution in [-0.4, -0.2) is 41.1 Å². The number of hydrogen-bond donors (Lipinski definition) is 2. The Labute approximate surface area is 124 Å².